The van der Waals surface area contributed by atoms with Crippen molar-refractivity contribution in [3.05, 3.63) is 78.3 Å². The van der Waals surface area contributed by atoms with Crippen molar-refractivity contribution in [3.63, 3.8) is 0 Å². The molecule has 0 fully saturated rings. The predicted molar refractivity (Wildman–Crippen MR) is 111 cm³/mol. The summed E-state index contributed by atoms with van der Waals surface area (Å²) < 4.78 is 29.6. The molecule has 0 saturated heterocycles. The SMILES string of the molecule is CN(c1ccc(O)cc1)S(=O)(=O)c1cn(-c2ccccc2)nc1-c1cccs1. The van der Waals surface area contributed by atoms with Gasteiger partial charge in [0, 0.05) is 7.05 Å². The standard InChI is InChI=1S/C20H17N3O3S2/c1-22(15-9-11-17(24)12-10-15)28(25,26)19-14-23(16-6-3-2-4-7-16)21-20(19)18-8-5-13-27-18/h2-14,24H,1H3. The summed E-state index contributed by atoms with van der Waals surface area (Å²) in [7, 11) is -2.39. The van der Waals surface area contributed by atoms with Crippen molar-refractivity contribution in [1.29, 1.82) is 0 Å². The zero-order chi connectivity index (χ0) is 19.7. The third-order valence-electron chi connectivity index (χ3n) is 4.31. The molecule has 0 aliphatic heterocycles. The van der Waals surface area contributed by atoms with Crippen molar-refractivity contribution >= 4 is 27.0 Å². The first-order chi connectivity index (χ1) is 13.5. The van der Waals surface area contributed by atoms with Gasteiger partial charge in [-0.15, -0.1) is 11.3 Å². The number of anilines is 1. The van der Waals surface area contributed by atoms with E-state index in [-0.39, 0.29) is 10.6 Å². The molecular formula is C20H17N3O3S2. The van der Waals surface area contributed by atoms with E-state index in [1.54, 1.807) is 16.8 Å². The summed E-state index contributed by atoms with van der Waals surface area (Å²) in [6.45, 7) is 0. The van der Waals surface area contributed by atoms with Gasteiger partial charge in [-0.05, 0) is 47.8 Å². The van der Waals surface area contributed by atoms with Crippen LogP contribution in [0.15, 0.2) is 83.2 Å². The number of thiophene rings is 1. The van der Waals surface area contributed by atoms with E-state index in [1.807, 2.05) is 47.8 Å². The summed E-state index contributed by atoms with van der Waals surface area (Å²) in [5, 5.41) is 15.9. The van der Waals surface area contributed by atoms with Crippen LogP contribution in [0.3, 0.4) is 0 Å². The molecule has 8 heteroatoms. The van der Waals surface area contributed by atoms with Crippen molar-refractivity contribution in [2.75, 3.05) is 11.4 Å². The quantitative estimate of drug-likeness (QED) is 0.536. The Bertz CT molecular complexity index is 1180. The molecule has 0 aliphatic rings. The Kier molecular flexibility index (Phi) is 4.66. The van der Waals surface area contributed by atoms with Gasteiger partial charge in [0.1, 0.15) is 16.3 Å². The number of hydrogen-bond acceptors (Lipinski definition) is 5. The summed E-state index contributed by atoms with van der Waals surface area (Å²) in [6, 6.07) is 19.1. The van der Waals surface area contributed by atoms with Gasteiger partial charge in [-0.3, -0.25) is 4.31 Å². The Morgan fingerprint density at radius 3 is 2.36 bits per heavy atom. The molecular weight excluding hydrogens is 394 g/mol. The zero-order valence-corrected chi connectivity index (χ0v) is 16.6. The zero-order valence-electron chi connectivity index (χ0n) is 14.9. The van der Waals surface area contributed by atoms with E-state index in [0.29, 0.717) is 11.4 Å². The molecule has 142 valence electrons. The molecule has 0 amide bonds. The lowest BCUT2D eigenvalue weighted by Crippen LogP contribution is -2.26. The second-order valence-corrected chi connectivity index (χ2v) is 8.97. The minimum atomic E-state index is -3.87. The van der Waals surface area contributed by atoms with E-state index in [4.69, 9.17) is 0 Å². The topological polar surface area (TPSA) is 75.4 Å². The Morgan fingerprint density at radius 2 is 1.71 bits per heavy atom. The van der Waals surface area contributed by atoms with Crippen molar-refractivity contribution in [2.45, 2.75) is 4.90 Å². The molecule has 4 rings (SSSR count). The van der Waals surface area contributed by atoms with Crippen molar-refractivity contribution in [3.8, 4) is 22.0 Å². The van der Waals surface area contributed by atoms with Crippen LogP contribution in [0.25, 0.3) is 16.3 Å². The molecule has 1 N–H and O–H groups in total. The number of hydrogen-bond donors (Lipinski definition) is 1. The van der Waals surface area contributed by atoms with E-state index in [0.717, 1.165) is 10.6 Å². The normalized spacial score (nSPS) is 11.5. The van der Waals surface area contributed by atoms with E-state index in [1.165, 1.54) is 41.0 Å². The van der Waals surface area contributed by atoms with Crippen LogP contribution in [0.4, 0.5) is 5.69 Å². The summed E-state index contributed by atoms with van der Waals surface area (Å²) in [4.78, 5) is 0.891. The third-order valence-corrected chi connectivity index (χ3v) is 6.97. The fraction of sp³-hybridized carbons (Fsp3) is 0.0500. The van der Waals surface area contributed by atoms with Crippen LogP contribution in [0, 0.1) is 0 Å². The third kappa shape index (κ3) is 3.28. The molecule has 2 heterocycles. The summed E-state index contributed by atoms with van der Waals surface area (Å²) in [5.74, 6) is 0.0747. The number of aromatic hydroxyl groups is 1. The van der Waals surface area contributed by atoms with Crippen molar-refractivity contribution < 1.29 is 13.5 Å². The van der Waals surface area contributed by atoms with Gasteiger partial charge in [0.25, 0.3) is 10.0 Å². The van der Waals surface area contributed by atoms with E-state index >= 15 is 0 Å². The average Bonchev–Trinajstić information content (AvgIpc) is 3.38. The van der Waals surface area contributed by atoms with Gasteiger partial charge in [0.2, 0.25) is 0 Å². The lowest BCUT2D eigenvalue weighted by atomic mass is 10.3. The maximum atomic E-state index is 13.4. The minimum absolute atomic E-state index is 0.0747. The first-order valence-electron chi connectivity index (χ1n) is 8.44. The van der Waals surface area contributed by atoms with Crippen molar-refractivity contribution in [2.24, 2.45) is 0 Å². The smallest absolute Gasteiger partial charge is 0.267 e. The van der Waals surface area contributed by atoms with Crippen LogP contribution in [0.1, 0.15) is 0 Å². The molecule has 0 bridgehead atoms. The summed E-state index contributed by atoms with van der Waals surface area (Å²) in [5.41, 5.74) is 1.63. The molecule has 0 radical (unpaired) electrons. The van der Waals surface area contributed by atoms with Crippen LogP contribution in [0.5, 0.6) is 5.75 Å². The first kappa shape index (κ1) is 18.3. The monoisotopic (exact) mass is 411 g/mol. The van der Waals surface area contributed by atoms with Crippen molar-refractivity contribution in [1.82, 2.24) is 9.78 Å². The molecule has 2 aromatic carbocycles. The molecule has 0 aliphatic carbocycles. The van der Waals surface area contributed by atoms with E-state index in [2.05, 4.69) is 5.10 Å². The molecule has 4 aromatic rings. The van der Waals surface area contributed by atoms with Gasteiger partial charge in [-0.1, -0.05) is 24.3 Å². The first-order valence-corrected chi connectivity index (χ1v) is 10.8. The molecule has 0 spiro atoms. The van der Waals surface area contributed by atoms with Gasteiger partial charge >= 0.3 is 0 Å². The number of rotatable bonds is 5. The molecule has 28 heavy (non-hydrogen) atoms. The predicted octanol–water partition coefficient (Wildman–Crippen LogP) is 4.13. The Hall–Kier alpha value is -3.10. The highest BCUT2D eigenvalue weighted by atomic mass is 32.2. The number of nitrogens with zero attached hydrogens (tertiary/aromatic N) is 3. The molecule has 0 unspecified atom stereocenters. The maximum Gasteiger partial charge on any atom is 0.267 e. The maximum absolute atomic E-state index is 13.4. The van der Waals surface area contributed by atoms with Gasteiger partial charge in [-0.25, -0.2) is 13.1 Å². The Morgan fingerprint density at radius 1 is 1.00 bits per heavy atom. The van der Waals surface area contributed by atoms with Crippen LogP contribution in [0.2, 0.25) is 0 Å². The fourth-order valence-electron chi connectivity index (χ4n) is 2.79. The molecule has 2 aromatic heterocycles. The van der Waals surface area contributed by atoms with Gasteiger partial charge in [0.05, 0.1) is 22.4 Å². The van der Waals surface area contributed by atoms with Crippen LogP contribution >= 0.6 is 11.3 Å². The highest BCUT2D eigenvalue weighted by Crippen LogP contribution is 2.33. The molecule has 6 nitrogen and oxygen atoms in total. The number of para-hydroxylation sites is 1. The average molecular weight is 412 g/mol. The lowest BCUT2D eigenvalue weighted by Gasteiger charge is -2.19. The molecule has 0 saturated carbocycles. The second kappa shape index (κ2) is 7.14. The Balaban J connectivity index is 1.85. The van der Waals surface area contributed by atoms with E-state index < -0.39 is 10.0 Å². The highest BCUT2D eigenvalue weighted by Gasteiger charge is 2.29. The summed E-state index contributed by atoms with van der Waals surface area (Å²) in [6.07, 6.45) is 1.54. The van der Waals surface area contributed by atoms with Crippen LogP contribution < -0.4 is 4.31 Å². The number of sulfonamides is 1. The number of phenolic OH excluding ortho intramolecular Hbond substituents is 1. The highest BCUT2D eigenvalue weighted by molar-refractivity contribution is 7.93. The minimum Gasteiger partial charge on any atom is -0.508 e. The van der Waals surface area contributed by atoms with Gasteiger partial charge < -0.3 is 5.11 Å². The summed E-state index contributed by atoms with van der Waals surface area (Å²) >= 11 is 1.43. The van der Waals surface area contributed by atoms with Gasteiger partial charge in [0.15, 0.2) is 0 Å². The number of aromatic nitrogens is 2. The number of phenols is 1. The molecule has 0 atom stereocenters. The lowest BCUT2D eigenvalue weighted by molar-refractivity contribution is 0.475. The van der Waals surface area contributed by atoms with Gasteiger partial charge in [-0.2, -0.15) is 5.10 Å². The van der Waals surface area contributed by atoms with Crippen LogP contribution in [-0.4, -0.2) is 30.4 Å². The Labute approximate surface area is 167 Å². The van der Waals surface area contributed by atoms with E-state index in [9.17, 15) is 13.5 Å². The van der Waals surface area contributed by atoms with Crippen LogP contribution in [-0.2, 0) is 10.0 Å². The largest absolute Gasteiger partial charge is 0.508 e. The fourth-order valence-corrected chi connectivity index (χ4v) is 4.90. The second-order valence-electron chi connectivity index (χ2n) is 6.09. The number of benzene rings is 2.